The van der Waals surface area contributed by atoms with Crippen molar-refractivity contribution < 1.29 is 37.0 Å². The molecule has 1 amide bonds. The van der Waals surface area contributed by atoms with Gasteiger partial charge in [-0.1, -0.05) is 23.2 Å². The SMILES string of the molecule is CCOC(=O)C1(C)Oc2cc(Oc3c(Cl)cc(C(F)(F)F)cc3Cl)ccc2NC1=O. The second kappa shape index (κ2) is 7.88. The molecule has 0 bridgehead atoms. The summed E-state index contributed by atoms with van der Waals surface area (Å²) in [6.07, 6.45) is -4.62. The average molecular weight is 464 g/mol. The van der Waals surface area contributed by atoms with Crippen molar-refractivity contribution >= 4 is 40.8 Å². The molecule has 1 unspecified atom stereocenters. The summed E-state index contributed by atoms with van der Waals surface area (Å²) in [5.41, 5.74) is -2.68. The fourth-order valence-electron chi connectivity index (χ4n) is 2.60. The molecule has 1 atom stereocenters. The molecule has 0 aliphatic carbocycles. The lowest BCUT2D eigenvalue weighted by Gasteiger charge is -2.32. The maximum absolute atomic E-state index is 12.9. The van der Waals surface area contributed by atoms with Gasteiger partial charge in [0.15, 0.2) is 5.75 Å². The van der Waals surface area contributed by atoms with Gasteiger partial charge in [-0.3, -0.25) is 4.79 Å². The number of rotatable bonds is 4. The predicted octanol–water partition coefficient (Wildman–Crippen LogP) is 5.46. The topological polar surface area (TPSA) is 73.9 Å². The van der Waals surface area contributed by atoms with Crippen molar-refractivity contribution in [1.29, 1.82) is 0 Å². The van der Waals surface area contributed by atoms with Crippen LogP contribution in [0.4, 0.5) is 18.9 Å². The van der Waals surface area contributed by atoms with Crippen molar-refractivity contribution in [3.8, 4) is 17.2 Å². The number of benzene rings is 2. The molecule has 2 aromatic carbocycles. The third kappa shape index (κ3) is 4.13. The van der Waals surface area contributed by atoms with Crippen LogP contribution in [0.1, 0.15) is 19.4 Å². The molecule has 1 heterocycles. The van der Waals surface area contributed by atoms with Crippen LogP contribution in [0.2, 0.25) is 10.0 Å². The number of amides is 1. The fourth-order valence-corrected chi connectivity index (χ4v) is 3.17. The Balaban J connectivity index is 1.91. The number of anilines is 1. The van der Waals surface area contributed by atoms with Gasteiger partial charge in [-0.05, 0) is 38.1 Å². The molecule has 0 spiro atoms. The van der Waals surface area contributed by atoms with E-state index in [1.54, 1.807) is 6.92 Å². The molecule has 0 saturated carbocycles. The third-order valence-electron chi connectivity index (χ3n) is 4.16. The highest BCUT2D eigenvalue weighted by Gasteiger charge is 2.48. The summed E-state index contributed by atoms with van der Waals surface area (Å²) in [7, 11) is 0. The van der Waals surface area contributed by atoms with Gasteiger partial charge in [0.1, 0.15) is 11.5 Å². The normalized spacial score (nSPS) is 18.2. The average Bonchev–Trinajstić information content (AvgIpc) is 2.65. The molecular weight excluding hydrogens is 450 g/mol. The first kappa shape index (κ1) is 22.0. The first-order valence-electron chi connectivity index (χ1n) is 8.51. The smallest absolute Gasteiger partial charge is 0.416 e. The number of nitrogens with one attached hydrogen (secondary N) is 1. The molecule has 1 aliphatic heterocycles. The number of alkyl halides is 3. The van der Waals surface area contributed by atoms with Gasteiger partial charge >= 0.3 is 12.1 Å². The minimum Gasteiger partial charge on any atom is -0.463 e. The Morgan fingerprint density at radius 3 is 2.40 bits per heavy atom. The molecule has 160 valence electrons. The number of esters is 1. The number of ether oxygens (including phenoxy) is 3. The minimum atomic E-state index is -4.62. The second-order valence-corrected chi connectivity index (χ2v) is 7.15. The number of hydrogen-bond donors (Lipinski definition) is 1. The van der Waals surface area contributed by atoms with Gasteiger partial charge in [-0.25, -0.2) is 4.79 Å². The Kier molecular flexibility index (Phi) is 5.79. The molecule has 0 saturated heterocycles. The van der Waals surface area contributed by atoms with Crippen LogP contribution in [0.3, 0.4) is 0 Å². The maximum Gasteiger partial charge on any atom is 0.416 e. The lowest BCUT2D eigenvalue weighted by molar-refractivity contribution is -0.165. The number of halogens is 5. The van der Waals surface area contributed by atoms with Gasteiger partial charge in [0, 0.05) is 6.07 Å². The van der Waals surface area contributed by atoms with Crippen LogP contribution in [-0.2, 0) is 20.5 Å². The molecule has 0 fully saturated rings. The summed E-state index contributed by atoms with van der Waals surface area (Å²) in [5, 5.41) is 1.83. The van der Waals surface area contributed by atoms with E-state index in [1.165, 1.54) is 25.1 Å². The summed E-state index contributed by atoms with van der Waals surface area (Å²) < 4.78 is 54.6. The van der Waals surface area contributed by atoms with Crippen molar-refractivity contribution in [3.63, 3.8) is 0 Å². The number of carbonyl (C=O) groups is 2. The quantitative estimate of drug-likeness (QED) is 0.481. The van der Waals surface area contributed by atoms with Crippen LogP contribution < -0.4 is 14.8 Å². The van der Waals surface area contributed by atoms with Crippen LogP contribution in [0, 0.1) is 0 Å². The van der Waals surface area contributed by atoms with Gasteiger partial charge in [0.25, 0.3) is 11.5 Å². The second-order valence-electron chi connectivity index (χ2n) is 6.34. The largest absolute Gasteiger partial charge is 0.463 e. The van der Waals surface area contributed by atoms with E-state index in [2.05, 4.69) is 5.32 Å². The van der Waals surface area contributed by atoms with E-state index in [9.17, 15) is 22.8 Å². The molecule has 11 heteroatoms. The Morgan fingerprint density at radius 2 is 1.83 bits per heavy atom. The van der Waals surface area contributed by atoms with E-state index in [0.717, 1.165) is 0 Å². The Bertz CT molecular complexity index is 1000. The highest BCUT2D eigenvalue weighted by molar-refractivity contribution is 6.37. The van der Waals surface area contributed by atoms with Crippen LogP contribution in [0.5, 0.6) is 17.2 Å². The van der Waals surface area contributed by atoms with Crippen molar-refractivity contribution in [1.82, 2.24) is 0 Å². The first-order valence-corrected chi connectivity index (χ1v) is 9.27. The van der Waals surface area contributed by atoms with E-state index in [0.29, 0.717) is 12.1 Å². The van der Waals surface area contributed by atoms with Gasteiger partial charge in [0.2, 0.25) is 0 Å². The molecular formula is C19H14Cl2F3NO5. The van der Waals surface area contributed by atoms with Gasteiger partial charge < -0.3 is 19.5 Å². The minimum absolute atomic E-state index is 0.0476. The van der Waals surface area contributed by atoms with E-state index >= 15 is 0 Å². The zero-order valence-corrected chi connectivity index (χ0v) is 17.0. The third-order valence-corrected chi connectivity index (χ3v) is 4.72. The molecule has 30 heavy (non-hydrogen) atoms. The fraction of sp³-hybridized carbons (Fsp3) is 0.263. The molecule has 1 N–H and O–H groups in total. The van der Waals surface area contributed by atoms with E-state index in [1.807, 2.05) is 0 Å². The highest BCUT2D eigenvalue weighted by atomic mass is 35.5. The summed E-state index contributed by atoms with van der Waals surface area (Å²) in [6, 6.07) is 5.56. The number of hydrogen-bond acceptors (Lipinski definition) is 5. The first-order chi connectivity index (χ1) is 14.0. The zero-order chi connectivity index (χ0) is 22.3. The van der Waals surface area contributed by atoms with Crippen molar-refractivity contribution in [3.05, 3.63) is 45.9 Å². The van der Waals surface area contributed by atoms with Crippen LogP contribution in [-0.4, -0.2) is 24.1 Å². The maximum atomic E-state index is 12.9. The highest BCUT2D eigenvalue weighted by Crippen LogP contribution is 2.43. The predicted molar refractivity (Wildman–Crippen MR) is 102 cm³/mol. The van der Waals surface area contributed by atoms with E-state index in [4.69, 9.17) is 37.4 Å². The summed E-state index contributed by atoms with van der Waals surface area (Å²) >= 11 is 11.8. The van der Waals surface area contributed by atoms with Gasteiger partial charge in [-0.2, -0.15) is 13.2 Å². The molecule has 0 radical (unpaired) electrons. The molecule has 2 aromatic rings. The summed E-state index contributed by atoms with van der Waals surface area (Å²) in [6.45, 7) is 2.88. The summed E-state index contributed by atoms with van der Waals surface area (Å²) in [4.78, 5) is 24.4. The van der Waals surface area contributed by atoms with Crippen molar-refractivity contribution in [2.45, 2.75) is 25.6 Å². The standard InChI is InChI=1S/C19H14Cl2F3NO5/c1-3-28-17(27)18(2)16(26)25-13-5-4-10(8-14(13)30-18)29-15-11(20)6-9(7-12(15)21)19(22,23)24/h4-8H,3H2,1-2H3,(H,25,26). The molecule has 6 nitrogen and oxygen atoms in total. The lowest BCUT2D eigenvalue weighted by Crippen LogP contribution is -2.55. The van der Waals surface area contributed by atoms with Crippen LogP contribution in [0.25, 0.3) is 0 Å². The molecule has 3 rings (SSSR count). The molecule has 1 aliphatic rings. The summed E-state index contributed by atoms with van der Waals surface area (Å²) in [5.74, 6) is -1.61. The lowest BCUT2D eigenvalue weighted by atomic mass is 10.0. The molecule has 0 aromatic heterocycles. The van der Waals surface area contributed by atoms with Gasteiger partial charge in [0.05, 0.1) is 27.9 Å². The van der Waals surface area contributed by atoms with Gasteiger partial charge in [-0.15, -0.1) is 0 Å². The van der Waals surface area contributed by atoms with Crippen molar-refractivity contribution in [2.24, 2.45) is 0 Å². The Hall–Kier alpha value is -2.65. The Labute approximate surface area is 178 Å². The number of fused-ring (bicyclic) bond motifs is 1. The number of carbonyl (C=O) groups excluding carboxylic acids is 2. The zero-order valence-electron chi connectivity index (χ0n) is 15.5. The van der Waals surface area contributed by atoms with Crippen LogP contribution in [0.15, 0.2) is 30.3 Å². The van der Waals surface area contributed by atoms with E-state index < -0.39 is 29.2 Å². The van der Waals surface area contributed by atoms with Crippen LogP contribution >= 0.6 is 23.2 Å². The Morgan fingerprint density at radius 1 is 1.20 bits per heavy atom. The van der Waals surface area contributed by atoms with E-state index in [-0.39, 0.29) is 39.6 Å². The monoisotopic (exact) mass is 463 g/mol. The van der Waals surface area contributed by atoms with Crippen molar-refractivity contribution in [2.75, 3.05) is 11.9 Å².